The topological polar surface area (TPSA) is 86.8 Å². The van der Waals surface area contributed by atoms with Crippen molar-refractivity contribution in [1.29, 1.82) is 0 Å². The molecular formula is C26H34Cl3N3O4S. The van der Waals surface area contributed by atoms with Gasteiger partial charge in [-0.15, -0.1) is 0 Å². The first-order chi connectivity index (χ1) is 17.4. The van der Waals surface area contributed by atoms with E-state index in [1.165, 1.54) is 9.21 Å². The Labute approximate surface area is 235 Å². The van der Waals surface area contributed by atoms with Crippen molar-refractivity contribution in [2.24, 2.45) is 0 Å². The molecule has 0 saturated carbocycles. The van der Waals surface area contributed by atoms with Crippen molar-refractivity contribution in [3.63, 3.8) is 0 Å². The van der Waals surface area contributed by atoms with Gasteiger partial charge in [-0.05, 0) is 62.1 Å². The Morgan fingerprint density at radius 3 is 2.24 bits per heavy atom. The van der Waals surface area contributed by atoms with Crippen molar-refractivity contribution in [3.05, 3.63) is 63.1 Å². The van der Waals surface area contributed by atoms with Gasteiger partial charge in [0.2, 0.25) is 21.8 Å². The van der Waals surface area contributed by atoms with Crippen LogP contribution in [0.4, 0.5) is 5.69 Å². The van der Waals surface area contributed by atoms with Crippen LogP contribution in [0.3, 0.4) is 0 Å². The third-order valence-corrected chi connectivity index (χ3v) is 8.01. The third-order valence-electron chi connectivity index (χ3n) is 5.99. The smallest absolute Gasteiger partial charge is 0.243 e. The van der Waals surface area contributed by atoms with Gasteiger partial charge in [0.05, 0.1) is 11.9 Å². The molecule has 204 valence electrons. The maximum absolute atomic E-state index is 13.5. The SMILES string of the molecule is CC[C@H](C)NC(=O)[C@H](CC)N(Cc1ccc(Cl)cc1Cl)C(=O)CCCN(c1cccc(Cl)c1)S(C)(=O)=O. The molecular weight excluding hydrogens is 557 g/mol. The average Bonchev–Trinajstić information content (AvgIpc) is 2.81. The Kier molecular flexibility index (Phi) is 12.0. The lowest BCUT2D eigenvalue weighted by atomic mass is 10.1. The Bertz CT molecular complexity index is 1190. The van der Waals surface area contributed by atoms with Gasteiger partial charge in [0.1, 0.15) is 6.04 Å². The fourth-order valence-electron chi connectivity index (χ4n) is 3.83. The van der Waals surface area contributed by atoms with E-state index < -0.39 is 16.1 Å². The highest BCUT2D eigenvalue weighted by Crippen LogP contribution is 2.25. The summed E-state index contributed by atoms with van der Waals surface area (Å²) < 4.78 is 26.1. The van der Waals surface area contributed by atoms with Crippen LogP contribution in [0.1, 0.15) is 52.0 Å². The van der Waals surface area contributed by atoms with Crippen LogP contribution in [0.25, 0.3) is 0 Å². The fourth-order valence-corrected chi connectivity index (χ4v) is 5.44. The number of carbonyl (C=O) groups excluding carboxylic acids is 2. The summed E-state index contributed by atoms with van der Waals surface area (Å²) in [5.74, 6) is -0.524. The minimum atomic E-state index is -3.61. The van der Waals surface area contributed by atoms with Crippen LogP contribution in [0.2, 0.25) is 15.1 Å². The highest BCUT2D eigenvalue weighted by molar-refractivity contribution is 7.92. The van der Waals surface area contributed by atoms with Crippen LogP contribution in [0.5, 0.6) is 0 Å². The minimum absolute atomic E-state index is 0.0326. The number of rotatable bonds is 13. The second-order valence-corrected chi connectivity index (χ2v) is 12.1. The Morgan fingerprint density at radius 2 is 1.68 bits per heavy atom. The van der Waals surface area contributed by atoms with E-state index in [4.69, 9.17) is 34.8 Å². The summed E-state index contributed by atoms with van der Waals surface area (Å²) in [4.78, 5) is 28.1. The first-order valence-electron chi connectivity index (χ1n) is 12.1. The van der Waals surface area contributed by atoms with Gasteiger partial charge < -0.3 is 10.2 Å². The number of nitrogens with one attached hydrogen (secondary N) is 1. The molecule has 37 heavy (non-hydrogen) atoms. The molecule has 0 aliphatic rings. The summed E-state index contributed by atoms with van der Waals surface area (Å²) in [7, 11) is -3.61. The molecule has 2 aromatic rings. The number of sulfonamides is 1. The summed E-state index contributed by atoms with van der Waals surface area (Å²) in [6, 6.07) is 10.8. The second kappa shape index (κ2) is 14.2. The molecule has 0 bridgehead atoms. The Hall–Kier alpha value is -2.00. The maximum Gasteiger partial charge on any atom is 0.243 e. The average molecular weight is 591 g/mol. The number of benzene rings is 2. The molecule has 2 amide bonds. The van der Waals surface area contributed by atoms with Gasteiger partial charge in [-0.1, -0.05) is 60.8 Å². The van der Waals surface area contributed by atoms with E-state index in [-0.39, 0.29) is 43.8 Å². The Balaban J connectivity index is 2.26. The molecule has 0 aliphatic heterocycles. The van der Waals surface area contributed by atoms with Gasteiger partial charge in [0, 0.05) is 40.6 Å². The van der Waals surface area contributed by atoms with E-state index in [2.05, 4.69) is 5.32 Å². The summed E-state index contributed by atoms with van der Waals surface area (Å²) in [6.45, 7) is 5.91. The molecule has 0 aliphatic carbocycles. The molecule has 11 heteroatoms. The third kappa shape index (κ3) is 9.36. The molecule has 2 atom stereocenters. The molecule has 0 heterocycles. The largest absolute Gasteiger partial charge is 0.352 e. The van der Waals surface area contributed by atoms with Gasteiger partial charge in [-0.25, -0.2) is 8.42 Å². The fraction of sp³-hybridized carbons (Fsp3) is 0.462. The van der Waals surface area contributed by atoms with Crippen LogP contribution < -0.4 is 9.62 Å². The van der Waals surface area contributed by atoms with Gasteiger partial charge in [-0.3, -0.25) is 13.9 Å². The van der Waals surface area contributed by atoms with E-state index in [1.54, 1.807) is 42.5 Å². The van der Waals surface area contributed by atoms with E-state index in [0.29, 0.717) is 32.7 Å². The zero-order chi connectivity index (χ0) is 27.8. The van der Waals surface area contributed by atoms with Crippen molar-refractivity contribution >= 4 is 62.3 Å². The van der Waals surface area contributed by atoms with Crippen molar-refractivity contribution < 1.29 is 18.0 Å². The minimum Gasteiger partial charge on any atom is -0.352 e. The summed E-state index contributed by atoms with van der Waals surface area (Å²) in [5.41, 5.74) is 1.08. The van der Waals surface area contributed by atoms with E-state index in [9.17, 15) is 18.0 Å². The molecule has 0 unspecified atom stereocenters. The van der Waals surface area contributed by atoms with Crippen molar-refractivity contribution in [1.82, 2.24) is 10.2 Å². The van der Waals surface area contributed by atoms with Crippen LogP contribution in [0.15, 0.2) is 42.5 Å². The molecule has 1 N–H and O–H groups in total. The second-order valence-electron chi connectivity index (χ2n) is 8.92. The number of hydrogen-bond acceptors (Lipinski definition) is 4. The highest BCUT2D eigenvalue weighted by atomic mass is 35.5. The van der Waals surface area contributed by atoms with Crippen LogP contribution >= 0.6 is 34.8 Å². The first kappa shape index (κ1) is 31.2. The van der Waals surface area contributed by atoms with Gasteiger partial charge in [-0.2, -0.15) is 0 Å². The molecule has 7 nitrogen and oxygen atoms in total. The Morgan fingerprint density at radius 1 is 1.00 bits per heavy atom. The molecule has 0 aromatic heterocycles. The number of anilines is 1. The van der Waals surface area contributed by atoms with Crippen molar-refractivity contribution in [2.75, 3.05) is 17.1 Å². The van der Waals surface area contributed by atoms with Gasteiger partial charge >= 0.3 is 0 Å². The lowest BCUT2D eigenvalue weighted by Crippen LogP contribution is -2.50. The molecule has 2 rings (SSSR count). The number of nitrogens with zero attached hydrogens (tertiary/aromatic N) is 2. The molecule has 0 fully saturated rings. The standard InChI is InChI=1S/C26H34Cl3N3O4S/c1-5-18(3)30-26(34)24(6-2)31(17-19-12-13-21(28)16-23(19)29)25(33)11-8-14-32(37(4,35)36)22-10-7-9-20(27)15-22/h7,9-10,12-13,15-16,18,24H,5-6,8,11,14,17H2,1-4H3,(H,30,34)/t18-,24-/m0/s1. The summed E-state index contributed by atoms with van der Waals surface area (Å²) >= 11 is 18.5. The van der Waals surface area contributed by atoms with Crippen LogP contribution in [-0.2, 0) is 26.2 Å². The molecule has 2 aromatic carbocycles. The number of halogens is 3. The van der Waals surface area contributed by atoms with Gasteiger partial charge in [0.15, 0.2) is 0 Å². The number of hydrogen-bond donors (Lipinski definition) is 1. The predicted molar refractivity (Wildman–Crippen MR) is 152 cm³/mol. The molecule has 0 radical (unpaired) electrons. The van der Waals surface area contributed by atoms with Crippen molar-refractivity contribution in [2.45, 2.75) is 65.1 Å². The van der Waals surface area contributed by atoms with E-state index in [0.717, 1.165) is 12.7 Å². The van der Waals surface area contributed by atoms with Crippen LogP contribution in [0, 0.1) is 0 Å². The molecule has 0 saturated heterocycles. The zero-order valence-corrected chi connectivity index (χ0v) is 24.6. The first-order valence-corrected chi connectivity index (χ1v) is 15.1. The van der Waals surface area contributed by atoms with Crippen molar-refractivity contribution in [3.8, 4) is 0 Å². The monoisotopic (exact) mass is 589 g/mol. The highest BCUT2D eigenvalue weighted by Gasteiger charge is 2.30. The lowest BCUT2D eigenvalue weighted by Gasteiger charge is -2.32. The summed E-state index contributed by atoms with van der Waals surface area (Å²) in [6.07, 6.45) is 2.54. The predicted octanol–water partition coefficient (Wildman–Crippen LogP) is 5.92. The maximum atomic E-state index is 13.5. The quantitative estimate of drug-likeness (QED) is 0.314. The number of amides is 2. The normalized spacial score (nSPS) is 13.1. The number of carbonyl (C=O) groups is 2. The lowest BCUT2D eigenvalue weighted by molar-refractivity contribution is -0.141. The van der Waals surface area contributed by atoms with Crippen LogP contribution in [-0.4, -0.2) is 50.0 Å². The molecule has 0 spiro atoms. The summed E-state index contributed by atoms with van der Waals surface area (Å²) in [5, 5.41) is 4.23. The zero-order valence-electron chi connectivity index (χ0n) is 21.5. The van der Waals surface area contributed by atoms with E-state index >= 15 is 0 Å². The van der Waals surface area contributed by atoms with Gasteiger partial charge in [0.25, 0.3) is 0 Å². The van der Waals surface area contributed by atoms with E-state index in [1.807, 2.05) is 20.8 Å².